The Hall–Kier alpha value is -1.28. The number of hydrogen-bond donors (Lipinski definition) is 1. The van der Waals surface area contributed by atoms with Gasteiger partial charge in [-0.15, -0.1) is 0 Å². The standard InChI is InChI=1S/C13H18N2/c1-15-10-11(6-4-5-9-14)12-7-2-3-8-13(12)15/h2-3,7-8,10H,4-6,9,14H2,1H3. The summed E-state index contributed by atoms with van der Waals surface area (Å²) in [5, 5.41) is 1.39. The van der Waals surface area contributed by atoms with Gasteiger partial charge in [-0.25, -0.2) is 0 Å². The molecule has 0 bridgehead atoms. The maximum atomic E-state index is 5.51. The third-order valence-electron chi connectivity index (χ3n) is 2.88. The van der Waals surface area contributed by atoms with Gasteiger partial charge < -0.3 is 10.3 Å². The van der Waals surface area contributed by atoms with Crippen LogP contribution in [0, 0.1) is 0 Å². The van der Waals surface area contributed by atoms with Gasteiger partial charge in [-0.1, -0.05) is 18.2 Å². The average Bonchev–Trinajstić information content (AvgIpc) is 2.58. The zero-order valence-electron chi connectivity index (χ0n) is 9.24. The molecule has 2 heteroatoms. The maximum Gasteiger partial charge on any atom is 0.0480 e. The van der Waals surface area contributed by atoms with E-state index in [9.17, 15) is 0 Å². The molecule has 0 atom stereocenters. The molecule has 0 aliphatic carbocycles. The predicted octanol–water partition coefficient (Wildman–Crippen LogP) is 2.46. The van der Waals surface area contributed by atoms with Gasteiger partial charge in [0, 0.05) is 24.1 Å². The Labute approximate surface area is 90.7 Å². The molecule has 0 saturated heterocycles. The summed E-state index contributed by atoms with van der Waals surface area (Å²) < 4.78 is 2.20. The molecule has 0 fully saturated rings. The molecule has 0 spiro atoms. The lowest BCUT2D eigenvalue weighted by molar-refractivity contribution is 0.745. The van der Waals surface area contributed by atoms with Gasteiger partial charge >= 0.3 is 0 Å². The number of fused-ring (bicyclic) bond motifs is 1. The molecule has 2 nitrogen and oxygen atoms in total. The van der Waals surface area contributed by atoms with Gasteiger partial charge in [-0.2, -0.15) is 0 Å². The third-order valence-corrected chi connectivity index (χ3v) is 2.88. The van der Waals surface area contributed by atoms with Crippen LogP contribution in [0.4, 0.5) is 0 Å². The van der Waals surface area contributed by atoms with Crippen molar-refractivity contribution in [1.82, 2.24) is 4.57 Å². The predicted molar refractivity (Wildman–Crippen MR) is 64.9 cm³/mol. The number of para-hydroxylation sites is 1. The second kappa shape index (κ2) is 4.49. The second-order valence-electron chi connectivity index (χ2n) is 4.03. The quantitative estimate of drug-likeness (QED) is 0.759. The van der Waals surface area contributed by atoms with Crippen molar-refractivity contribution < 1.29 is 0 Å². The lowest BCUT2D eigenvalue weighted by atomic mass is 10.1. The highest BCUT2D eigenvalue weighted by Crippen LogP contribution is 2.21. The van der Waals surface area contributed by atoms with Crippen LogP contribution in [0.2, 0.25) is 0 Å². The molecule has 0 unspecified atom stereocenters. The molecule has 2 aromatic rings. The van der Waals surface area contributed by atoms with Crippen LogP contribution in [0.5, 0.6) is 0 Å². The molecule has 80 valence electrons. The highest BCUT2D eigenvalue weighted by Gasteiger charge is 2.04. The second-order valence-corrected chi connectivity index (χ2v) is 4.03. The van der Waals surface area contributed by atoms with Crippen LogP contribution >= 0.6 is 0 Å². The van der Waals surface area contributed by atoms with E-state index in [0.29, 0.717) is 0 Å². The molecule has 0 saturated carbocycles. The Morgan fingerprint density at radius 2 is 2.00 bits per heavy atom. The van der Waals surface area contributed by atoms with Crippen molar-refractivity contribution in [3.63, 3.8) is 0 Å². The minimum Gasteiger partial charge on any atom is -0.350 e. The normalized spacial score (nSPS) is 11.1. The van der Waals surface area contributed by atoms with Gasteiger partial charge in [-0.3, -0.25) is 0 Å². The van der Waals surface area contributed by atoms with E-state index in [1.54, 1.807) is 0 Å². The molecule has 2 rings (SSSR count). The lowest BCUT2D eigenvalue weighted by Gasteiger charge is -1.97. The Kier molecular flexibility index (Phi) is 3.07. The number of aromatic nitrogens is 1. The Morgan fingerprint density at radius 1 is 1.20 bits per heavy atom. The fraction of sp³-hybridized carbons (Fsp3) is 0.385. The zero-order valence-corrected chi connectivity index (χ0v) is 9.24. The van der Waals surface area contributed by atoms with Crippen LogP contribution in [0.3, 0.4) is 0 Å². The fourth-order valence-electron chi connectivity index (χ4n) is 2.08. The minimum absolute atomic E-state index is 0.796. The number of unbranched alkanes of at least 4 members (excludes halogenated alkanes) is 1. The molecule has 2 N–H and O–H groups in total. The van der Waals surface area contributed by atoms with Gasteiger partial charge in [0.05, 0.1) is 0 Å². The number of nitrogens with zero attached hydrogens (tertiary/aromatic N) is 1. The Morgan fingerprint density at radius 3 is 2.80 bits per heavy atom. The molecule has 1 aromatic carbocycles. The van der Waals surface area contributed by atoms with Gasteiger partial charge in [0.1, 0.15) is 0 Å². The fourth-order valence-corrected chi connectivity index (χ4v) is 2.08. The molecule has 1 aromatic heterocycles. The Balaban J connectivity index is 2.27. The Bertz CT molecular complexity index is 443. The molecule has 0 aliphatic rings. The summed E-state index contributed by atoms with van der Waals surface area (Å²) in [4.78, 5) is 0. The first-order valence-corrected chi connectivity index (χ1v) is 5.56. The summed E-state index contributed by atoms with van der Waals surface area (Å²) in [7, 11) is 2.11. The van der Waals surface area contributed by atoms with E-state index in [1.165, 1.54) is 22.9 Å². The average molecular weight is 202 g/mol. The number of nitrogens with two attached hydrogens (primary N) is 1. The van der Waals surface area contributed by atoms with Crippen molar-refractivity contribution in [2.24, 2.45) is 12.8 Å². The summed E-state index contributed by atoms with van der Waals surface area (Å²) >= 11 is 0. The van der Waals surface area contributed by atoms with E-state index in [-0.39, 0.29) is 0 Å². The van der Waals surface area contributed by atoms with Crippen LogP contribution in [0.25, 0.3) is 10.9 Å². The summed E-state index contributed by atoms with van der Waals surface area (Å²) in [5.41, 5.74) is 8.27. The van der Waals surface area contributed by atoms with Crippen molar-refractivity contribution in [2.75, 3.05) is 6.54 Å². The van der Waals surface area contributed by atoms with Crippen LogP contribution in [0.1, 0.15) is 18.4 Å². The molecule has 0 radical (unpaired) electrons. The summed E-state index contributed by atoms with van der Waals surface area (Å²) in [5.74, 6) is 0. The number of hydrogen-bond acceptors (Lipinski definition) is 1. The largest absolute Gasteiger partial charge is 0.350 e. The van der Waals surface area contributed by atoms with Crippen molar-refractivity contribution in [2.45, 2.75) is 19.3 Å². The summed E-state index contributed by atoms with van der Waals surface area (Å²) in [6, 6.07) is 8.57. The maximum absolute atomic E-state index is 5.51. The third kappa shape index (κ3) is 2.05. The van der Waals surface area contributed by atoms with Gasteiger partial charge in [0.2, 0.25) is 0 Å². The van der Waals surface area contributed by atoms with Crippen LogP contribution in [-0.4, -0.2) is 11.1 Å². The van der Waals surface area contributed by atoms with E-state index >= 15 is 0 Å². The van der Waals surface area contributed by atoms with Crippen molar-refractivity contribution >= 4 is 10.9 Å². The van der Waals surface area contributed by atoms with Crippen molar-refractivity contribution in [3.05, 3.63) is 36.0 Å². The van der Waals surface area contributed by atoms with E-state index in [4.69, 9.17) is 5.73 Å². The summed E-state index contributed by atoms with van der Waals surface area (Å²) in [6.45, 7) is 0.796. The first-order valence-electron chi connectivity index (χ1n) is 5.56. The van der Waals surface area contributed by atoms with E-state index in [1.807, 2.05) is 0 Å². The molecule has 0 amide bonds. The van der Waals surface area contributed by atoms with Crippen LogP contribution < -0.4 is 5.73 Å². The molecular weight excluding hydrogens is 184 g/mol. The molecule has 0 aliphatic heterocycles. The molecule has 15 heavy (non-hydrogen) atoms. The first kappa shape index (κ1) is 10.2. The van der Waals surface area contributed by atoms with Crippen molar-refractivity contribution in [3.8, 4) is 0 Å². The van der Waals surface area contributed by atoms with E-state index in [0.717, 1.165) is 19.4 Å². The van der Waals surface area contributed by atoms with E-state index in [2.05, 4.69) is 42.1 Å². The molecular formula is C13H18N2. The van der Waals surface area contributed by atoms with Gasteiger partial charge in [0.25, 0.3) is 0 Å². The number of aryl methyl sites for hydroxylation is 2. The highest BCUT2D eigenvalue weighted by atomic mass is 14.9. The van der Waals surface area contributed by atoms with E-state index < -0.39 is 0 Å². The topological polar surface area (TPSA) is 30.9 Å². The molecule has 1 heterocycles. The monoisotopic (exact) mass is 202 g/mol. The SMILES string of the molecule is Cn1cc(CCCCN)c2ccccc21. The van der Waals surface area contributed by atoms with Crippen molar-refractivity contribution in [1.29, 1.82) is 0 Å². The number of rotatable bonds is 4. The van der Waals surface area contributed by atoms with Crippen LogP contribution in [0.15, 0.2) is 30.5 Å². The summed E-state index contributed by atoms with van der Waals surface area (Å²) in [6.07, 6.45) is 5.67. The highest BCUT2D eigenvalue weighted by molar-refractivity contribution is 5.83. The first-order chi connectivity index (χ1) is 7.33. The number of benzene rings is 1. The zero-order chi connectivity index (χ0) is 10.7. The van der Waals surface area contributed by atoms with Gasteiger partial charge in [-0.05, 0) is 37.4 Å². The lowest BCUT2D eigenvalue weighted by Crippen LogP contribution is -1.98. The van der Waals surface area contributed by atoms with Gasteiger partial charge in [0.15, 0.2) is 0 Å². The smallest absolute Gasteiger partial charge is 0.0480 e. The minimum atomic E-state index is 0.796. The van der Waals surface area contributed by atoms with Crippen LogP contribution in [-0.2, 0) is 13.5 Å².